The van der Waals surface area contributed by atoms with Crippen molar-refractivity contribution in [2.75, 3.05) is 43.9 Å². The quantitative estimate of drug-likeness (QED) is 0.0199. The van der Waals surface area contributed by atoms with E-state index in [0.717, 1.165) is 24.2 Å². The predicted octanol–water partition coefficient (Wildman–Crippen LogP) is 0.618. The van der Waals surface area contributed by atoms with Crippen LogP contribution in [0.5, 0.6) is 0 Å². The number of primary amides is 1. The van der Waals surface area contributed by atoms with Crippen molar-refractivity contribution in [2.45, 2.75) is 153 Å². The van der Waals surface area contributed by atoms with E-state index in [9.17, 15) is 63.3 Å². The molecule has 2 saturated heterocycles. The molecule has 1 aromatic rings. The van der Waals surface area contributed by atoms with Crippen LogP contribution in [-0.2, 0) is 54.4 Å². The van der Waals surface area contributed by atoms with E-state index < -0.39 is 84.4 Å². The van der Waals surface area contributed by atoms with E-state index in [1.165, 1.54) is 41.9 Å². The number of anilines is 1. The molecule has 0 radical (unpaired) electrons. The summed E-state index contributed by atoms with van der Waals surface area (Å²) in [5.74, 6) is -3.09. The minimum atomic E-state index is -1.36. The maximum absolute atomic E-state index is 13.5. The van der Waals surface area contributed by atoms with Crippen LogP contribution in [0.15, 0.2) is 48.2 Å². The minimum absolute atomic E-state index is 0.0388. The Morgan fingerprint density at radius 3 is 2.22 bits per heavy atom. The lowest BCUT2D eigenvalue weighted by Crippen LogP contribution is -2.54. The highest BCUT2D eigenvalue weighted by atomic mass is 32.2. The van der Waals surface area contributed by atoms with Crippen LogP contribution in [0.4, 0.5) is 15.3 Å². The standard InChI is InChI=1S/C51H76N10O15S/c1-31(2)45(48(71)57-36(12-11-23-55-50(52)73)47(70)56-35-17-14-33(15-18-35)30-75-32(3)63)58-42(67)13-7-6-10-24-60-43(68)27-39(49(60)72)77-25-20-41(66)54-22-9-5-4-8-21-53-40(65)19-16-34-28-61(51(74)59-46(34)69)44-26-37(64)38(29-62)76-44/h14-19,28,31,36-39,44-46,62,64,69H,4-13,20-27,29-30H2,1-3H3,(H,53,65)(H,54,66)(H,56,70)(H,57,71)(H,58,67)(H,59,74)(H3,52,55,73)/b19-16+/t36?,37?,38-,39?,44-,45+,46+/m1/s1. The average molecular weight is 1100 g/mol. The van der Waals surface area contributed by atoms with Crippen LogP contribution in [0.2, 0.25) is 0 Å². The van der Waals surface area contributed by atoms with Gasteiger partial charge in [0, 0.05) is 88.1 Å². The Bertz CT molecular complexity index is 2270. The molecule has 7 atom stereocenters. The summed E-state index contributed by atoms with van der Waals surface area (Å²) in [6, 6.07) is 3.20. The highest BCUT2D eigenvalue weighted by Crippen LogP contribution is 2.28. The van der Waals surface area contributed by atoms with E-state index in [0.29, 0.717) is 62.2 Å². The van der Waals surface area contributed by atoms with Crippen molar-refractivity contribution < 1.29 is 72.7 Å². The number of carbonyl (C=O) groups is 10. The van der Waals surface area contributed by atoms with E-state index in [1.807, 2.05) is 0 Å². The highest BCUT2D eigenvalue weighted by Gasteiger charge is 2.41. The zero-order valence-electron chi connectivity index (χ0n) is 43.9. The summed E-state index contributed by atoms with van der Waals surface area (Å²) in [5, 5.41) is 47.7. The van der Waals surface area contributed by atoms with Gasteiger partial charge < -0.3 is 67.7 Å². The second kappa shape index (κ2) is 32.9. The number of hydrogen-bond acceptors (Lipinski definition) is 16. The topological polar surface area (TPSA) is 367 Å². The van der Waals surface area contributed by atoms with Crippen LogP contribution in [0.3, 0.4) is 0 Å². The van der Waals surface area contributed by atoms with Crippen LogP contribution in [0.1, 0.15) is 110 Å². The van der Waals surface area contributed by atoms with Gasteiger partial charge in [-0.25, -0.2) is 9.59 Å². The van der Waals surface area contributed by atoms with Gasteiger partial charge in [0.15, 0.2) is 6.23 Å². The molecule has 12 N–H and O–H groups in total. The van der Waals surface area contributed by atoms with E-state index in [1.54, 1.807) is 38.1 Å². The van der Waals surface area contributed by atoms with E-state index in [2.05, 4.69) is 37.2 Å². The molecule has 3 aliphatic rings. The number of ether oxygens (including phenoxy) is 2. The summed E-state index contributed by atoms with van der Waals surface area (Å²) in [5.41, 5.74) is 6.52. The van der Waals surface area contributed by atoms with Crippen molar-refractivity contribution in [3.8, 4) is 0 Å². The molecule has 0 saturated carbocycles. The second-order valence-electron chi connectivity index (χ2n) is 19.1. The molecule has 0 aliphatic carbocycles. The van der Waals surface area contributed by atoms with Crippen LogP contribution in [-0.4, -0.2) is 165 Å². The number of rotatable bonds is 33. The summed E-state index contributed by atoms with van der Waals surface area (Å²) in [4.78, 5) is 128. The molecule has 426 valence electrons. The number of esters is 1. The zero-order valence-corrected chi connectivity index (χ0v) is 44.7. The molecule has 77 heavy (non-hydrogen) atoms. The summed E-state index contributed by atoms with van der Waals surface area (Å²) in [6.45, 7) is 5.66. The van der Waals surface area contributed by atoms with E-state index in [-0.39, 0.29) is 86.9 Å². The number of benzene rings is 1. The van der Waals surface area contributed by atoms with Crippen molar-refractivity contribution in [1.29, 1.82) is 0 Å². The van der Waals surface area contributed by atoms with Crippen molar-refractivity contribution >= 4 is 76.8 Å². The number of imide groups is 1. The Labute approximate surface area is 452 Å². The Morgan fingerprint density at radius 1 is 0.870 bits per heavy atom. The molecule has 0 aromatic heterocycles. The van der Waals surface area contributed by atoms with E-state index in [4.69, 9.17) is 15.2 Å². The highest BCUT2D eigenvalue weighted by molar-refractivity contribution is 8.00. The summed E-state index contributed by atoms with van der Waals surface area (Å²) >= 11 is 1.26. The van der Waals surface area contributed by atoms with E-state index >= 15 is 0 Å². The summed E-state index contributed by atoms with van der Waals surface area (Å²) < 4.78 is 10.5. The van der Waals surface area contributed by atoms with Crippen LogP contribution < -0.4 is 43.0 Å². The van der Waals surface area contributed by atoms with Crippen LogP contribution >= 0.6 is 11.8 Å². The largest absolute Gasteiger partial charge is 0.461 e. The number of likely N-dealkylation sites (tertiary alicyclic amines) is 1. The lowest BCUT2D eigenvalue weighted by molar-refractivity contribution is -0.142. The van der Waals surface area contributed by atoms with Gasteiger partial charge in [-0.1, -0.05) is 45.2 Å². The molecule has 0 bridgehead atoms. The van der Waals surface area contributed by atoms with Crippen molar-refractivity contribution in [3.05, 3.63) is 53.8 Å². The molecule has 3 aliphatic heterocycles. The monoisotopic (exact) mass is 1100 g/mol. The van der Waals surface area contributed by atoms with Crippen molar-refractivity contribution in [2.24, 2.45) is 11.7 Å². The average Bonchev–Trinajstić information content (AvgIpc) is 3.90. The number of unbranched alkanes of at least 4 members (excludes halogenated alkanes) is 5. The predicted molar refractivity (Wildman–Crippen MR) is 281 cm³/mol. The van der Waals surface area contributed by atoms with Gasteiger partial charge >= 0.3 is 18.0 Å². The molecule has 3 heterocycles. The number of aliphatic hydroxyl groups excluding tert-OH is 3. The minimum Gasteiger partial charge on any atom is -0.461 e. The molecule has 4 rings (SSSR count). The number of carbonyl (C=O) groups excluding carboxylic acids is 10. The third kappa shape index (κ3) is 22.1. The number of nitrogens with one attached hydrogen (secondary N) is 7. The van der Waals surface area contributed by atoms with Gasteiger partial charge in [-0.15, -0.1) is 11.8 Å². The molecule has 1 aromatic carbocycles. The zero-order chi connectivity index (χ0) is 56.4. The van der Waals surface area contributed by atoms with Gasteiger partial charge in [0.1, 0.15) is 31.0 Å². The van der Waals surface area contributed by atoms with Crippen LogP contribution in [0.25, 0.3) is 0 Å². The normalized spacial score (nSPS) is 20.1. The lowest BCUT2D eigenvalue weighted by Gasteiger charge is -2.32. The summed E-state index contributed by atoms with van der Waals surface area (Å²) in [7, 11) is 0. The smallest absolute Gasteiger partial charge is 0.325 e. The first-order valence-electron chi connectivity index (χ1n) is 26.0. The maximum Gasteiger partial charge on any atom is 0.325 e. The van der Waals surface area contributed by atoms with Gasteiger partial charge in [-0.2, -0.15) is 0 Å². The van der Waals surface area contributed by atoms with Gasteiger partial charge in [0.2, 0.25) is 41.4 Å². The maximum atomic E-state index is 13.5. The van der Waals surface area contributed by atoms with Gasteiger partial charge in [0.25, 0.3) is 0 Å². The molecule has 25 nitrogen and oxygen atoms in total. The Hall–Kier alpha value is -6.61. The summed E-state index contributed by atoms with van der Waals surface area (Å²) in [6.07, 6.45) is 5.12. The molecular weight excluding hydrogens is 1020 g/mol. The fourth-order valence-electron chi connectivity index (χ4n) is 8.30. The third-order valence-corrected chi connectivity index (χ3v) is 13.8. The van der Waals surface area contributed by atoms with Gasteiger partial charge in [-0.3, -0.25) is 48.2 Å². The Balaban J connectivity index is 1.06. The number of nitrogens with zero attached hydrogens (tertiary/aromatic N) is 2. The second-order valence-corrected chi connectivity index (χ2v) is 20.5. The number of amides is 11. The molecule has 2 fully saturated rings. The Morgan fingerprint density at radius 2 is 1.56 bits per heavy atom. The third-order valence-electron chi connectivity index (χ3n) is 12.6. The van der Waals surface area contributed by atoms with Crippen molar-refractivity contribution in [3.63, 3.8) is 0 Å². The number of thioether (sulfide) groups is 1. The number of urea groups is 2. The van der Waals surface area contributed by atoms with Gasteiger partial charge in [0.05, 0.1) is 18.0 Å². The first kappa shape index (κ1) is 62.9. The molecule has 26 heteroatoms. The fraction of sp³-hybridized carbons (Fsp3) is 0.608. The van der Waals surface area contributed by atoms with Crippen LogP contribution in [0, 0.1) is 5.92 Å². The first-order chi connectivity index (χ1) is 36.8. The first-order valence-corrected chi connectivity index (χ1v) is 27.1. The number of nitrogens with two attached hydrogens (primary N) is 1. The fourth-order valence-corrected chi connectivity index (χ4v) is 9.41. The molecule has 0 spiro atoms. The van der Waals surface area contributed by atoms with Crippen molar-refractivity contribution in [1.82, 2.24) is 41.7 Å². The lowest BCUT2D eigenvalue weighted by atomic mass is 10.0. The molecular formula is C51H76N10O15S. The number of hydrogen-bond donors (Lipinski definition) is 11. The SMILES string of the molecule is CC(=O)OCc1ccc(NC(=O)C(CCCNC(N)=O)NC(=O)[C@@H](NC(=O)CCCCCN2C(=O)CC(SCCC(=O)NCCCCCCNC(=O)/C=C/C3=CN([C@H]4CC(O)[C@@H](CO)O4)C(=O)N[C@H]3O)C2=O)C(C)C)cc1. The van der Waals surface area contributed by atoms with Gasteiger partial charge in [-0.05, 0) is 68.2 Å². The molecule has 11 amide bonds. The Kier molecular flexibility index (Phi) is 26.8. The molecule has 3 unspecified atom stereocenters. The number of aliphatic hydroxyl groups is 3.